The Morgan fingerprint density at radius 1 is 0.500 bits per heavy atom. The number of carbonyl (C=O) groups excluding carboxylic acids is 4. The summed E-state index contributed by atoms with van der Waals surface area (Å²) in [5.74, 6) is -5.08. The van der Waals surface area contributed by atoms with Crippen molar-refractivity contribution in [2.45, 2.75) is 24.2 Å². The molecule has 50 heavy (non-hydrogen) atoms. The molecule has 4 heterocycles. The average Bonchev–Trinajstić information content (AvgIpc) is 3.76. The fourth-order valence-corrected chi connectivity index (χ4v) is 8.25. The van der Waals surface area contributed by atoms with Crippen LogP contribution >= 0.6 is 23.2 Å². The Labute approximate surface area is 292 Å². The molecule has 0 saturated carbocycles. The average molecular weight is 713 g/mol. The number of nitro benzene ring substituents is 2. The number of hydrogen-bond donors (Lipinski definition) is 0. The number of nitrogens with zero attached hydrogens (tertiary/aromatic N) is 6. The first-order chi connectivity index (χ1) is 24.0. The molecular formula is C34H22Cl2N6O8. The van der Waals surface area contributed by atoms with Gasteiger partial charge in [0.1, 0.15) is 12.1 Å². The van der Waals surface area contributed by atoms with Gasteiger partial charge in [-0.05, 0) is 47.5 Å². The quantitative estimate of drug-likeness (QED) is 0.146. The predicted octanol–water partition coefficient (Wildman–Crippen LogP) is 5.25. The molecule has 4 amide bonds. The van der Waals surface area contributed by atoms with Crippen LogP contribution in [0.25, 0.3) is 0 Å². The minimum absolute atomic E-state index is 0.191. The van der Waals surface area contributed by atoms with Crippen LogP contribution in [0.4, 0.5) is 22.7 Å². The summed E-state index contributed by atoms with van der Waals surface area (Å²) in [6.07, 6.45) is 0. The van der Waals surface area contributed by atoms with E-state index in [-0.39, 0.29) is 43.9 Å². The van der Waals surface area contributed by atoms with Gasteiger partial charge in [-0.1, -0.05) is 59.6 Å². The van der Waals surface area contributed by atoms with E-state index < -0.39 is 69.5 Å². The van der Waals surface area contributed by atoms with E-state index in [1.807, 2.05) is 0 Å². The highest BCUT2D eigenvalue weighted by atomic mass is 35.5. The van der Waals surface area contributed by atoms with Crippen LogP contribution in [0, 0.1) is 32.1 Å². The van der Waals surface area contributed by atoms with Crippen LogP contribution in [0.1, 0.15) is 23.2 Å². The minimum Gasteiger partial charge on any atom is -0.274 e. The van der Waals surface area contributed by atoms with E-state index in [1.54, 1.807) is 36.4 Å². The minimum atomic E-state index is -1.30. The second-order valence-electron chi connectivity index (χ2n) is 12.3. The Bertz CT molecular complexity index is 2050. The Balaban J connectivity index is 1.36. The maximum atomic E-state index is 14.5. The van der Waals surface area contributed by atoms with E-state index in [4.69, 9.17) is 23.2 Å². The Morgan fingerprint density at radius 2 is 0.880 bits per heavy atom. The molecule has 16 heteroatoms. The number of fused-ring (bicyclic) bond motifs is 5. The van der Waals surface area contributed by atoms with Crippen LogP contribution in [-0.2, 0) is 19.2 Å². The number of rotatable bonds is 6. The fourth-order valence-electron chi connectivity index (χ4n) is 7.88. The summed E-state index contributed by atoms with van der Waals surface area (Å²) in [5, 5.41) is 27.4. The zero-order valence-corrected chi connectivity index (χ0v) is 26.9. The molecule has 4 aliphatic rings. The fraction of sp³-hybridized carbons (Fsp3) is 0.176. The van der Waals surface area contributed by atoms with Gasteiger partial charge in [0.05, 0.1) is 45.1 Å². The molecule has 0 N–H and O–H groups in total. The third kappa shape index (κ3) is 4.56. The Morgan fingerprint density at radius 3 is 1.24 bits per heavy atom. The Kier molecular flexibility index (Phi) is 7.31. The highest BCUT2D eigenvalue weighted by molar-refractivity contribution is 6.32. The van der Waals surface area contributed by atoms with Gasteiger partial charge in [-0.3, -0.25) is 39.4 Å². The van der Waals surface area contributed by atoms with E-state index in [1.165, 1.54) is 70.7 Å². The van der Waals surface area contributed by atoms with E-state index in [9.17, 15) is 39.4 Å². The molecule has 4 aromatic carbocycles. The lowest BCUT2D eigenvalue weighted by Gasteiger charge is -2.35. The molecule has 4 aliphatic heterocycles. The summed E-state index contributed by atoms with van der Waals surface area (Å²) in [4.78, 5) is 82.7. The molecule has 4 fully saturated rings. The molecule has 0 aromatic heterocycles. The van der Waals surface area contributed by atoms with E-state index >= 15 is 0 Å². The topological polar surface area (TPSA) is 168 Å². The van der Waals surface area contributed by atoms with Crippen molar-refractivity contribution in [2.75, 3.05) is 9.80 Å². The zero-order chi connectivity index (χ0) is 35.2. The number of imide groups is 2. The molecule has 0 spiro atoms. The third-order valence-electron chi connectivity index (χ3n) is 9.70. The van der Waals surface area contributed by atoms with Crippen molar-refractivity contribution in [1.82, 2.24) is 10.0 Å². The molecule has 6 atom stereocenters. The maximum absolute atomic E-state index is 14.5. The summed E-state index contributed by atoms with van der Waals surface area (Å²) in [6, 6.07) is 18.5. The molecule has 8 rings (SSSR count). The Hall–Kier alpha value is -5.54. The van der Waals surface area contributed by atoms with Gasteiger partial charge < -0.3 is 0 Å². The van der Waals surface area contributed by atoms with Crippen molar-refractivity contribution in [3.63, 3.8) is 0 Å². The number of amides is 4. The summed E-state index contributed by atoms with van der Waals surface area (Å²) >= 11 is 12.5. The number of anilines is 2. The number of nitro groups is 2. The highest BCUT2D eigenvalue weighted by Gasteiger charge is 2.73. The molecular weight excluding hydrogens is 691 g/mol. The van der Waals surface area contributed by atoms with Crippen molar-refractivity contribution < 1.29 is 29.0 Å². The van der Waals surface area contributed by atoms with Gasteiger partial charge in [0.2, 0.25) is 11.8 Å². The van der Waals surface area contributed by atoms with Gasteiger partial charge in [-0.15, -0.1) is 0 Å². The second kappa shape index (κ2) is 11.5. The van der Waals surface area contributed by atoms with Crippen LogP contribution in [0.3, 0.4) is 0 Å². The first-order valence-corrected chi connectivity index (χ1v) is 16.1. The highest BCUT2D eigenvalue weighted by Crippen LogP contribution is 2.60. The number of hydrogen-bond acceptors (Lipinski definition) is 10. The van der Waals surface area contributed by atoms with Gasteiger partial charge in [0.25, 0.3) is 23.2 Å². The number of halogens is 2. The standard InChI is InChI=1S/C34H22Cl2N6O8/c35-19-7-3-9-21(15-19)37-31(43)25-27(17-5-1-11-23(13-17)41(47)48)39-30-26(32(44)38(34(30)46)22-10-4-8-20(36)16-22)28(40(39)29(25)33(37)45)18-6-2-12-24(14-18)42(49)50/h1-16,25-30H. The smallest absolute Gasteiger partial charge is 0.269 e. The largest absolute Gasteiger partial charge is 0.274 e. The summed E-state index contributed by atoms with van der Waals surface area (Å²) in [6.45, 7) is 0. The lowest BCUT2D eigenvalue weighted by Crippen LogP contribution is -2.50. The summed E-state index contributed by atoms with van der Waals surface area (Å²) in [7, 11) is 0. The number of hydrazine groups is 1. The number of benzene rings is 4. The summed E-state index contributed by atoms with van der Waals surface area (Å²) < 4.78 is 0. The van der Waals surface area contributed by atoms with Gasteiger partial charge >= 0.3 is 0 Å². The zero-order valence-electron chi connectivity index (χ0n) is 25.4. The molecule has 14 nitrogen and oxygen atoms in total. The molecule has 0 bridgehead atoms. The summed E-state index contributed by atoms with van der Waals surface area (Å²) in [5.41, 5.74) is 0.313. The van der Waals surface area contributed by atoms with Crippen LogP contribution in [-0.4, -0.2) is 55.6 Å². The normalized spacial score (nSPS) is 26.0. The van der Waals surface area contributed by atoms with E-state index in [0.717, 1.165) is 9.80 Å². The second-order valence-corrected chi connectivity index (χ2v) is 13.2. The van der Waals surface area contributed by atoms with Gasteiger partial charge in [0, 0.05) is 34.3 Å². The molecule has 0 radical (unpaired) electrons. The van der Waals surface area contributed by atoms with E-state index in [2.05, 4.69) is 0 Å². The van der Waals surface area contributed by atoms with Gasteiger partial charge in [0.15, 0.2) is 0 Å². The van der Waals surface area contributed by atoms with Crippen LogP contribution < -0.4 is 9.80 Å². The van der Waals surface area contributed by atoms with Crippen LogP contribution in [0.15, 0.2) is 97.1 Å². The molecule has 6 unspecified atom stereocenters. The predicted molar refractivity (Wildman–Crippen MR) is 178 cm³/mol. The lowest BCUT2D eigenvalue weighted by molar-refractivity contribution is -0.385. The SMILES string of the molecule is O=C1C2C(C(=O)N1c1cccc(Cl)c1)N1C(c3cccc([N+](=O)[O-])c3)C3C(=O)N(c4cccc(Cl)c4)C(=O)C3N1C2c1cccc([N+](=O)[O-])c1. The van der Waals surface area contributed by atoms with Gasteiger partial charge in [-0.2, -0.15) is 0 Å². The molecule has 4 aromatic rings. The van der Waals surface area contributed by atoms with Crippen molar-refractivity contribution in [3.8, 4) is 0 Å². The van der Waals surface area contributed by atoms with Gasteiger partial charge in [-0.25, -0.2) is 19.8 Å². The van der Waals surface area contributed by atoms with Crippen LogP contribution in [0.5, 0.6) is 0 Å². The van der Waals surface area contributed by atoms with Crippen molar-refractivity contribution in [2.24, 2.45) is 11.8 Å². The van der Waals surface area contributed by atoms with Crippen LogP contribution in [0.2, 0.25) is 10.0 Å². The van der Waals surface area contributed by atoms with Crippen molar-refractivity contribution in [1.29, 1.82) is 0 Å². The molecule has 250 valence electrons. The number of carbonyl (C=O) groups is 4. The van der Waals surface area contributed by atoms with E-state index in [0.29, 0.717) is 0 Å². The molecule has 4 saturated heterocycles. The first kappa shape index (κ1) is 31.7. The van der Waals surface area contributed by atoms with Crippen molar-refractivity contribution >= 4 is 69.6 Å². The third-order valence-corrected chi connectivity index (χ3v) is 10.2. The van der Waals surface area contributed by atoms with Crippen molar-refractivity contribution in [3.05, 3.63) is 138 Å². The monoisotopic (exact) mass is 712 g/mol. The lowest BCUT2D eigenvalue weighted by atomic mass is 9.84. The molecule has 0 aliphatic carbocycles. The number of non-ortho nitro benzene ring substituents is 2. The first-order valence-electron chi connectivity index (χ1n) is 15.3. The maximum Gasteiger partial charge on any atom is 0.269 e.